The summed E-state index contributed by atoms with van der Waals surface area (Å²) in [5.41, 5.74) is 1.24. The first-order chi connectivity index (χ1) is 8.46. The number of rotatable bonds is 2. The molecule has 18 heavy (non-hydrogen) atoms. The molecule has 1 saturated heterocycles. The van der Waals surface area contributed by atoms with E-state index >= 15 is 0 Å². The Morgan fingerprint density at radius 1 is 1.33 bits per heavy atom. The number of allylic oxidation sites excluding steroid dienone is 1. The highest BCUT2D eigenvalue weighted by Gasteiger charge is 2.34. The predicted octanol–water partition coefficient (Wildman–Crippen LogP) is 1.10. The van der Waals surface area contributed by atoms with Crippen LogP contribution in [0, 0.1) is 10.8 Å². The van der Waals surface area contributed by atoms with Gasteiger partial charge in [-0.15, -0.1) is 0 Å². The fourth-order valence-corrected chi connectivity index (χ4v) is 1.72. The second kappa shape index (κ2) is 4.91. The third-order valence-electron chi connectivity index (χ3n) is 3.04. The molecule has 0 atom stereocenters. The fourth-order valence-electron chi connectivity index (χ4n) is 1.72. The molecule has 0 radical (unpaired) electrons. The minimum atomic E-state index is -2.61. The van der Waals surface area contributed by atoms with Gasteiger partial charge in [0.15, 0.2) is 11.9 Å². The largest absolute Gasteiger partial charge is 0.352 e. The Morgan fingerprint density at radius 2 is 1.94 bits per heavy atom. The summed E-state index contributed by atoms with van der Waals surface area (Å²) in [6.07, 6.45) is 2.58. The molecule has 0 amide bonds. The molecule has 0 aromatic carbocycles. The molecule has 0 saturated carbocycles. The number of halogens is 2. The summed E-state index contributed by atoms with van der Waals surface area (Å²) in [4.78, 5) is 1.53. The van der Waals surface area contributed by atoms with Gasteiger partial charge in [-0.3, -0.25) is 16.1 Å². The van der Waals surface area contributed by atoms with Gasteiger partial charge in [0.25, 0.3) is 5.92 Å². The molecule has 0 unspecified atom stereocenters. The Bertz CT molecular complexity index is 381. The van der Waals surface area contributed by atoms with Crippen molar-refractivity contribution >= 4 is 11.9 Å². The van der Waals surface area contributed by atoms with E-state index in [4.69, 9.17) is 10.8 Å². The summed E-state index contributed by atoms with van der Waals surface area (Å²) in [5.74, 6) is -2.57. The molecule has 0 bridgehead atoms. The zero-order valence-corrected chi connectivity index (χ0v) is 10.0. The lowest BCUT2D eigenvalue weighted by molar-refractivity contribution is -0.0438. The molecule has 1 fully saturated rings. The topological polar surface area (TPSA) is 75.0 Å². The van der Waals surface area contributed by atoms with E-state index in [1.807, 2.05) is 0 Å². The molecule has 7 heteroatoms. The molecule has 2 rings (SSSR count). The number of likely N-dealkylation sites (tertiary alicyclic amines) is 1. The number of nitrogens with zero attached hydrogens (tertiary/aromatic N) is 1. The number of piperidine rings is 1. The van der Waals surface area contributed by atoms with Crippen molar-refractivity contribution in [3.05, 3.63) is 11.6 Å². The molecule has 0 aromatic heterocycles. The molecule has 2 aliphatic rings. The maximum Gasteiger partial charge on any atom is 0.251 e. The summed E-state index contributed by atoms with van der Waals surface area (Å²) in [7, 11) is 0. The number of hydrogen-bond acceptors (Lipinski definition) is 2. The molecule has 1 aliphatic heterocycles. The van der Waals surface area contributed by atoms with Gasteiger partial charge < -0.3 is 10.2 Å². The minimum absolute atomic E-state index is 0.00720. The molecule has 4 N–H and O–H groups in total. The van der Waals surface area contributed by atoms with Gasteiger partial charge in [-0.2, -0.15) is 0 Å². The summed E-state index contributed by atoms with van der Waals surface area (Å²) in [6.45, 7) is 0.908. The van der Waals surface area contributed by atoms with Crippen LogP contribution in [0.1, 0.15) is 19.3 Å². The van der Waals surface area contributed by atoms with Crippen LogP contribution in [0.4, 0.5) is 8.78 Å². The van der Waals surface area contributed by atoms with Crippen molar-refractivity contribution in [2.45, 2.75) is 25.2 Å². The van der Waals surface area contributed by atoms with E-state index in [0.717, 1.165) is 6.42 Å². The number of nitrogens with one attached hydrogen (secondary N) is 4. The van der Waals surface area contributed by atoms with Crippen molar-refractivity contribution in [1.29, 1.82) is 10.8 Å². The first-order valence-electron chi connectivity index (χ1n) is 5.95. The lowest BCUT2D eigenvalue weighted by Crippen LogP contribution is -2.51. The van der Waals surface area contributed by atoms with Gasteiger partial charge in [-0.1, -0.05) is 11.6 Å². The zero-order chi connectivity index (χ0) is 13.2. The molecule has 5 nitrogen and oxygen atoms in total. The van der Waals surface area contributed by atoms with Crippen LogP contribution in [0.3, 0.4) is 0 Å². The first-order valence-corrected chi connectivity index (χ1v) is 5.95. The average molecular weight is 257 g/mol. The lowest BCUT2D eigenvalue weighted by atomic mass is 10.1. The van der Waals surface area contributed by atoms with Crippen LogP contribution in [0.2, 0.25) is 0 Å². The van der Waals surface area contributed by atoms with E-state index in [9.17, 15) is 8.78 Å². The smallest absolute Gasteiger partial charge is 0.251 e. The third-order valence-corrected chi connectivity index (χ3v) is 3.04. The molecular weight excluding hydrogens is 240 g/mol. The highest BCUT2D eigenvalue weighted by molar-refractivity contribution is 5.95. The summed E-state index contributed by atoms with van der Waals surface area (Å²) in [5, 5.41) is 20.7. The van der Waals surface area contributed by atoms with Gasteiger partial charge in [0.1, 0.15) is 0 Å². The van der Waals surface area contributed by atoms with Crippen LogP contribution in [0.15, 0.2) is 11.6 Å². The Hall–Kier alpha value is -1.66. The van der Waals surface area contributed by atoms with Crippen molar-refractivity contribution in [1.82, 2.24) is 15.5 Å². The highest BCUT2D eigenvalue weighted by Crippen LogP contribution is 2.27. The van der Waals surface area contributed by atoms with Gasteiger partial charge in [0.05, 0.1) is 0 Å². The molecule has 1 aliphatic carbocycles. The Kier molecular flexibility index (Phi) is 3.49. The van der Waals surface area contributed by atoms with Crippen molar-refractivity contribution in [3.8, 4) is 0 Å². The first kappa shape index (κ1) is 12.8. The van der Waals surface area contributed by atoms with Gasteiger partial charge in [-0.25, -0.2) is 8.78 Å². The Morgan fingerprint density at radius 3 is 2.50 bits per heavy atom. The van der Waals surface area contributed by atoms with Gasteiger partial charge >= 0.3 is 0 Å². The summed E-state index contributed by atoms with van der Waals surface area (Å²) in [6, 6.07) is 0. The van der Waals surface area contributed by atoms with Crippen LogP contribution in [0.25, 0.3) is 0 Å². The number of hydrogen-bond donors (Lipinski definition) is 4. The zero-order valence-electron chi connectivity index (χ0n) is 10.0. The van der Waals surface area contributed by atoms with E-state index in [2.05, 4.69) is 16.7 Å². The quantitative estimate of drug-likeness (QED) is 0.340. The minimum Gasteiger partial charge on any atom is -0.352 e. The van der Waals surface area contributed by atoms with Crippen molar-refractivity contribution in [3.63, 3.8) is 0 Å². The van der Waals surface area contributed by atoms with Crippen molar-refractivity contribution in [2.24, 2.45) is 0 Å². The maximum atomic E-state index is 12.9. The van der Waals surface area contributed by atoms with Gasteiger partial charge in [0, 0.05) is 32.5 Å². The Balaban J connectivity index is 1.70. The van der Waals surface area contributed by atoms with Gasteiger partial charge in [-0.05, 0) is 6.42 Å². The van der Waals surface area contributed by atoms with E-state index in [0.29, 0.717) is 6.54 Å². The lowest BCUT2D eigenvalue weighted by Gasteiger charge is -2.33. The molecule has 1 heterocycles. The Labute approximate surface area is 104 Å². The van der Waals surface area contributed by atoms with E-state index in [-0.39, 0.29) is 37.9 Å². The van der Waals surface area contributed by atoms with Crippen LogP contribution in [-0.2, 0) is 0 Å². The summed E-state index contributed by atoms with van der Waals surface area (Å²) >= 11 is 0. The van der Waals surface area contributed by atoms with E-state index < -0.39 is 5.92 Å². The summed E-state index contributed by atoms with van der Waals surface area (Å²) < 4.78 is 25.9. The van der Waals surface area contributed by atoms with Crippen molar-refractivity contribution in [2.75, 3.05) is 19.6 Å². The predicted molar refractivity (Wildman–Crippen MR) is 65.0 cm³/mol. The molecule has 0 spiro atoms. The fraction of sp³-hybridized carbons (Fsp3) is 0.636. The number of guanidine groups is 2. The average Bonchev–Trinajstić information content (AvgIpc) is 3.09. The maximum absolute atomic E-state index is 12.9. The van der Waals surface area contributed by atoms with Crippen LogP contribution < -0.4 is 10.6 Å². The second-order valence-electron chi connectivity index (χ2n) is 4.61. The van der Waals surface area contributed by atoms with Crippen LogP contribution in [-0.4, -0.2) is 42.4 Å². The number of alkyl halides is 2. The van der Waals surface area contributed by atoms with Gasteiger partial charge in [0.2, 0.25) is 0 Å². The van der Waals surface area contributed by atoms with Crippen molar-refractivity contribution < 1.29 is 8.78 Å². The standard InChI is InChI=1S/C11H17F2N5/c12-11(13)3-5-18(6-4-11)10(15)17-9(14)16-7-8-1-2-8/h1H,2-7H2,(H4,14,15,16,17). The molecular formula is C11H17F2N5. The normalized spacial score (nSPS) is 21.0. The molecule has 100 valence electrons. The van der Waals surface area contributed by atoms with E-state index in [1.54, 1.807) is 0 Å². The van der Waals surface area contributed by atoms with Crippen LogP contribution >= 0.6 is 0 Å². The SMILES string of the molecule is N=C(NCC1=CC1)NC(=N)N1CCC(F)(F)CC1. The third kappa shape index (κ3) is 3.68. The van der Waals surface area contributed by atoms with E-state index in [1.165, 1.54) is 10.5 Å². The van der Waals surface area contributed by atoms with Crippen LogP contribution in [0.5, 0.6) is 0 Å². The molecule has 0 aromatic rings. The monoisotopic (exact) mass is 257 g/mol. The highest BCUT2D eigenvalue weighted by atomic mass is 19.3. The second-order valence-corrected chi connectivity index (χ2v) is 4.61.